The largest absolute Gasteiger partial charge is 0.351 e. The molecule has 122 valence electrons. The molecule has 2 aliphatic rings. The molecule has 1 atom stereocenters. The molecule has 6 heteroatoms. The number of carbonyl (C=O) groups excluding carboxylic acids is 1. The molecule has 1 unspecified atom stereocenters. The van der Waals surface area contributed by atoms with E-state index in [1.54, 1.807) is 11.3 Å². The number of hydrogen-bond acceptors (Lipinski definition) is 4. The number of nitrogens with zero attached hydrogens (tertiary/aromatic N) is 2. The number of amides is 1. The van der Waals surface area contributed by atoms with Crippen LogP contribution >= 0.6 is 11.3 Å². The summed E-state index contributed by atoms with van der Waals surface area (Å²) >= 11 is 1.58. The molecule has 0 spiro atoms. The quantitative estimate of drug-likeness (QED) is 0.935. The van der Waals surface area contributed by atoms with Crippen LogP contribution in [0, 0.1) is 0 Å². The molecule has 0 radical (unpaired) electrons. The maximum atomic E-state index is 15.0. The standard InChI is InChI=1S/C17H20FN3OS/c1-2-11-4-3-5-13-14(11)20-16(23-13)21-9-8-17(18,10-21)15(22)19-12-6-7-12/h3-5,12H,2,6-10H2,1H3,(H,19,22). The predicted molar refractivity (Wildman–Crippen MR) is 90.8 cm³/mol. The molecule has 1 amide bonds. The van der Waals surface area contributed by atoms with Gasteiger partial charge in [-0.05, 0) is 30.9 Å². The van der Waals surface area contributed by atoms with Gasteiger partial charge >= 0.3 is 0 Å². The summed E-state index contributed by atoms with van der Waals surface area (Å²) in [5, 5.41) is 3.61. The van der Waals surface area contributed by atoms with E-state index in [1.165, 1.54) is 5.56 Å². The fourth-order valence-corrected chi connectivity index (χ4v) is 4.12. The number of rotatable bonds is 4. The SMILES string of the molecule is CCc1cccc2sc(N3CCC(F)(C(=O)NC4CC4)C3)nc12. The van der Waals surface area contributed by atoms with Crippen LogP contribution in [0.15, 0.2) is 18.2 Å². The van der Waals surface area contributed by atoms with Crippen molar-refractivity contribution in [1.29, 1.82) is 0 Å². The second-order valence-corrected chi connectivity index (χ2v) is 7.51. The number of halogens is 1. The summed E-state index contributed by atoms with van der Waals surface area (Å²) in [5.74, 6) is -0.446. The van der Waals surface area contributed by atoms with Crippen molar-refractivity contribution < 1.29 is 9.18 Å². The van der Waals surface area contributed by atoms with Gasteiger partial charge in [0.2, 0.25) is 5.67 Å². The van der Waals surface area contributed by atoms with E-state index in [4.69, 9.17) is 4.98 Å². The fourth-order valence-electron chi connectivity index (χ4n) is 3.08. The molecule has 1 aromatic heterocycles. The lowest BCUT2D eigenvalue weighted by Crippen LogP contribution is -2.46. The lowest BCUT2D eigenvalue weighted by atomic mass is 10.1. The summed E-state index contributed by atoms with van der Waals surface area (Å²) in [6.45, 7) is 2.75. The van der Waals surface area contributed by atoms with Gasteiger partial charge in [-0.25, -0.2) is 9.37 Å². The smallest absolute Gasteiger partial charge is 0.259 e. The zero-order chi connectivity index (χ0) is 16.0. The normalized spacial score (nSPS) is 24.3. The Labute approximate surface area is 138 Å². The van der Waals surface area contributed by atoms with Crippen LogP contribution in [0.5, 0.6) is 0 Å². The zero-order valence-corrected chi connectivity index (χ0v) is 14.0. The van der Waals surface area contributed by atoms with Crippen molar-refractivity contribution in [2.75, 3.05) is 18.0 Å². The van der Waals surface area contributed by atoms with Gasteiger partial charge < -0.3 is 10.2 Å². The number of alkyl halides is 1. The zero-order valence-electron chi connectivity index (χ0n) is 13.1. The molecule has 4 rings (SSSR count). The Kier molecular flexibility index (Phi) is 3.52. The molecule has 1 aliphatic carbocycles. The first-order chi connectivity index (χ1) is 11.1. The van der Waals surface area contributed by atoms with E-state index < -0.39 is 11.6 Å². The van der Waals surface area contributed by atoms with Crippen molar-refractivity contribution in [1.82, 2.24) is 10.3 Å². The van der Waals surface area contributed by atoms with Gasteiger partial charge in [-0.1, -0.05) is 30.4 Å². The van der Waals surface area contributed by atoms with Crippen molar-refractivity contribution in [2.24, 2.45) is 0 Å². The number of hydrogen-bond donors (Lipinski definition) is 1. The number of carbonyl (C=O) groups is 1. The van der Waals surface area contributed by atoms with Gasteiger partial charge in [0.05, 0.1) is 16.8 Å². The number of aryl methyl sites for hydroxylation is 1. The van der Waals surface area contributed by atoms with Gasteiger partial charge in [-0.15, -0.1) is 0 Å². The average Bonchev–Trinajstić information content (AvgIpc) is 3.10. The monoisotopic (exact) mass is 333 g/mol. The first-order valence-electron chi connectivity index (χ1n) is 8.22. The molecule has 2 heterocycles. The maximum Gasteiger partial charge on any atom is 0.259 e. The van der Waals surface area contributed by atoms with Gasteiger partial charge in [0, 0.05) is 19.0 Å². The predicted octanol–water partition coefficient (Wildman–Crippen LogP) is 3.06. The average molecular weight is 333 g/mol. The summed E-state index contributed by atoms with van der Waals surface area (Å²) < 4.78 is 16.1. The van der Waals surface area contributed by atoms with Crippen LogP contribution in [0.2, 0.25) is 0 Å². The number of aromatic nitrogens is 1. The first-order valence-corrected chi connectivity index (χ1v) is 9.04. The van der Waals surface area contributed by atoms with E-state index in [9.17, 15) is 9.18 Å². The molecule has 23 heavy (non-hydrogen) atoms. The highest BCUT2D eigenvalue weighted by Gasteiger charge is 2.47. The molecule has 0 bridgehead atoms. The summed E-state index contributed by atoms with van der Waals surface area (Å²) in [7, 11) is 0. The van der Waals surface area contributed by atoms with Crippen LogP contribution < -0.4 is 10.2 Å². The van der Waals surface area contributed by atoms with Crippen LogP contribution in [-0.2, 0) is 11.2 Å². The molecule has 1 saturated carbocycles. The van der Waals surface area contributed by atoms with Crippen molar-refractivity contribution in [3.63, 3.8) is 0 Å². The van der Waals surface area contributed by atoms with Crippen LogP contribution in [0.25, 0.3) is 10.2 Å². The van der Waals surface area contributed by atoms with Crippen molar-refractivity contribution in [2.45, 2.75) is 44.3 Å². The molecule has 1 saturated heterocycles. The Morgan fingerprint density at radius 2 is 2.35 bits per heavy atom. The molecule has 4 nitrogen and oxygen atoms in total. The molecule has 1 N–H and O–H groups in total. The Hall–Kier alpha value is -1.69. The van der Waals surface area contributed by atoms with E-state index in [2.05, 4.69) is 18.3 Å². The minimum atomic E-state index is -1.78. The highest BCUT2D eigenvalue weighted by molar-refractivity contribution is 7.22. The Bertz CT molecular complexity index is 757. The third kappa shape index (κ3) is 2.69. The molecule has 2 aromatic rings. The number of benzene rings is 1. The lowest BCUT2D eigenvalue weighted by molar-refractivity contribution is -0.131. The van der Waals surface area contributed by atoms with Crippen LogP contribution in [0.3, 0.4) is 0 Å². The number of anilines is 1. The second kappa shape index (κ2) is 5.44. The van der Waals surface area contributed by atoms with E-state index in [1.807, 2.05) is 17.0 Å². The van der Waals surface area contributed by atoms with Crippen LogP contribution in [-0.4, -0.2) is 35.7 Å². The highest BCUT2D eigenvalue weighted by atomic mass is 32.1. The minimum Gasteiger partial charge on any atom is -0.351 e. The van der Waals surface area contributed by atoms with Crippen LogP contribution in [0.4, 0.5) is 9.52 Å². The van der Waals surface area contributed by atoms with Crippen molar-refractivity contribution >= 4 is 32.6 Å². The third-order valence-electron chi connectivity index (χ3n) is 4.68. The molecule has 1 aliphatic heterocycles. The van der Waals surface area contributed by atoms with E-state index in [0.29, 0.717) is 6.54 Å². The number of para-hydroxylation sites is 1. The molecule has 2 fully saturated rings. The lowest BCUT2D eigenvalue weighted by Gasteiger charge is -2.19. The van der Waals surface area contributed by atoms with E-state index >= 15 is 0 Å². The van der Waals surface area contributed by atoms with Crippen molar-refractivity contribution in [3.05, 3.63) is 23.8 Å². The second-order valence-electron chi connectivity index (χ2n) is 6.50. The number of fused-ring (bicyclic) bond motifs is 1. The number of nitrogens with one attached hydrogen (secondary N) is 1. The van der Waals surface area contributed by atoms with Gasteiger partial charge in [0.15, 0.2) is 5.13 Å². The number of thiazole rings is 1. The summed E-state index contributed by atoms with van der Waals surface area (Å²) in [5.41, 5.74) is 0.435. The van der Waals surface area contributed by atoms with E-state index in [0.717, 1.165) is 34.6 Å². The van der Waals surface area contributed by atoms with E-state index in [-0.39, 0.29) is 19.0 Å². The Morgan fingerprint density at radius 3 is 3.09 bits per heavy atom. The first kappa shape index (κ1) is 14.9. The summed E-state index contributed by atoms with van der Waals surface area (Å²) in [4.78, 5) is 18.8. The van der Waals surface area contributed by atoms with Gasteiger partial charge in [0.25, 0.3) is 5.91 Å². The van der Waals surface area contributed by atoms with Crippen molar-refractivity contribution in [3.8, 4) is 0 Å². The van der Waals surface area contributed by atoms with Gasteiger partial charge in [-0.3, -0.25) is 4.79 Å². The maximum absolute atomic E-state index is 15.0. The minimum absolute atomic E-state index is 0.104. The molecule has 1 aromatic carbocycles. The summed E-state index contributed by atoms with van der Waals surface area (Å²) in [6.07, 6.45) is 3.12. The summed E-state index contributed by atoms with van der Waals surface area (Å²) in [6, 6.07) is 6.36. The molecular formula is C17H20FN3OS. The van der Waals surface area contributed by atoms with Crippen LogP contribution in [0.1, 0.15) is 31.7 Å². The Balaban J connectivity index is 1.56. The third-order valence-corrected chi connectivity index (χ3v) is 5.76. The molecular weight excluding hydrogens is 313 g/mol. The van der Waals surface area contributed by atoms with Gasteiger partial charge in [0.1, 0.15) is 0 Å². The van der Waals surface area contributed by atoms with Gasteiger partial charge in [-0.2, -0.15) is 0 Å². The highest BCUT2D eigenvalue weighted by Crippen LogP contribution is 2.36. The Morgan fingerprint density at radius 1 is 1.52 bits per heavy atom. The topological polar surface area (TPSA) is 45.2 Å². The fraction of sp³-hybridized carbons (Fsp3) is 0.529.